The van der Waals surface area contributed by atoms with Gasteiger partial charge in [0.1, 0.15) is 0 Å². The van der Waals surface area contributed by atoms with Gasteiger partial charge in [-0.25, -0.2) is 0 Å². The summed E-state index contributed by atoms with van der Waals surface area (Å²) in [5.41, 5.74) is 1.79. The van der Waals surface area contributed by atoms with Gasteiger partial charge in [-0.3, -0.25) is 4.79 Å². The van der Waals surface area contributed by atoms with Crippen molar-refractivity contribution in [3.05, 3.63) is 29.8 Å². The lowest BCUT2D eigenvalue weighted by atomic mass is 10.1. The van der Waals surface area contributed by atoms with Gasteiger partial charge >= 0.3 is 0 Å². The van der Waals surface area contributed by atoms with Gasteiger partial charge in [0.2, 0.25) is 0 Å². The molecule has 0 spiro atoms. The highest BCUT2D eigenvalue weighted by Gasteiger charge is 2.19. The Labute approximate surface area is 116 Å². The maximum atomic E-state index is 12.6. The summed E-state index contributed by atoms with van der Waals surface area (Å²) in [4.78, 5) is 14.6. The summed E-state index contributed by atoms with van der Waals surface area (Å²) in [7, 11) is 0. The van der Waals surface area contributed by atoms with E-state index in [0.29, 0.717) is 0 Å². The largest absolute Gasteiger partial charge is 0.384 e. The molecule has 19 heavy (non-hydrogen) atoms. The molecule has 1 fully saturated rings. The molecule has 104 valence electrons. The summed E-state index contributed by atoms with van der Waals surface area (Å²) in [6, 6.07) is 7.87. The van der Waals surface area contributed by atoms with E-state index in [1.165, 1.54) is 12.8 Å². The Hall–Kier alpha value is -1.51. The van der Waals surface area contributed by atoms with E-state index in [1.54, 1.807) is 0 Å². The number of hydrogen-bond donors (Lipinski definition) is 1. The van der Waals surface area contributed by atoms with E-state index in [-0.39, 0.29) is 5.91 Å². The summed E-state index contributed by atoms with van der Waals surface area (Å²) in [5.74, 6) is 0.182. The van der Waals surface area contributed by atoms with Crippen molar-refractivity contribution in [2.75, 3.05) is 25.0 Å². The van der Waals surface area contributed by atoms with Crippen molar-refractivity contribution in [1.82, 2.24) is 4.90 Å². The average molecular weight is 260 g/mol. The third kappa shape index (κ3) is 3.72. The summed E-state index contributed by atoms with van der Waals surface area (Å²) in [6.45, 7) is 4.85. The summed E-state index contributed by atoms with van der Waals surface area (Å²) < 4.78 is 0. The quantitative estimate of drug-likeness (QED) is 0.898. The first-order valence-corrected chi connectivity index (χ1v) is 7.45. The van der Waals surface area contributed by atoms with Crippen LogP contribution in [0.4, 0.5) is 5.69 Å². The fourth-order valence-corrected chi connectivity index (χ4v) is 2.53. The van der Waals surface area contributed by atoms with Crippen molar-refractivity contribution in [3.8, 4) is 0 Å². The minimum Gasteiger partial charge on any atom is -0.384 e. The minimum absolute atomic E-state index is 0.182. The van der Waals surface area contributed by atoms with E-state index in [2.05, 4.69) is 12.2 Å². The maximum Gasteiger partial charge on any atom is 0.255 e. The first-order chi connectivity index (χ1) is 9.33. The highest BCUT2D eigenvalue weighted by Crippen LogP contribution is 2.19. The Balaban J connectivity index is 2.12. The predicted molar refractivity (Wildman–Crippen MR) is 79.6 cm³/mol. The van der Waals surface area contributed by atoms with Crippen LogP contribution in [0.1, 0.15) is 49.4 Å². The third-order valence-electron chi connectivity index (χ3n) is 3.62. The van der Waals surface area contributed by atoms with Crippen molar-refractivity contribution in [2.24, 2.45) is 0 Å². The molecule has 0 saturated carbocycles. The normalized spacial score (nSPS) is 15.9. The number of benzene rings is 1. The average Bonchev–Trinajstić information content (AvgIpc) is 2.73. The number of likely N-dealkylation sites (tertiary alicyclic amines) is 1. The Bertz CT molecular complexity index is 409. The van der Waals surface area contributed by atoms with Gasteiger partial charge in [0.05, 0.1) is 5.56 Å². The molecule has 1 saturated heterocycles. The van der Waals surface area contributed by atoms with Gasteiger partial charge in [-0.2, -0.15) is 0 Å². The van der Waals surface area contributed by atoms with Crippen LogP contribution in [0, 0.1) is 0 Å². The van der Waals surface area contributed by atoms with Gasteiger partial charge in [-0.05, 0) is 31.4 Å². The van der Waals surface area contributed by atoms with E-state index in [0.717, 1.165) is 50.1 Å². The number of rotatable bonds is 4. The van der Waals surface area contributed by atoms with Crippen LogP contribution >= 0.6 is 0 Å². The van der Waals surface area contributed by atoms with Gasteiger partial charge in [0, 0.05) is 25.3 Å². The summed E-state index contributed by atoms with van der Waals surface area (Å²) in [6.07, 6.45) is 5.83. The van der Waals surface area contributed by atoms with Crippen molar-refractivity contribution in [2.45, 2.75) is 39.0 Å². The second-order valence-corrected chi connectivity index (χ2v) is 5.18. The second kappa shape index (κ2) is 7.17. The van der Waals surface area contributed by atoms with Gasteiger partial charge in [0.25, 0.3) is 5.91 Å². The first-order valence-electron chi connectivity index (χ1n) is 7.45. The number of nitrogens with one attached hydrogen (secondary N) is 1. The van der Waals surface area contributed by atoms with Crippen molar-refractivity contribution in [3.63, 3.8) is 0 Å². The highest BCUT2D eigenvalue weighted by atomic mass is 16.2. The van der Waals surface area contributed by atoms with Crippen LogP contribution < -0.4 is 5.32 Å². The SMILES string of the molecule is CCCNc1ccccc1C(=O)N1CCCCCC1. The van der Waals surface area contributed by atoms with Gasteiger partial charge in [-0.1, -0.05) is 31.9 Å². The molecule has 1 N–H and O–H groups in total. The van der Waals surface area contributed by atoms with Crippen LogP contribution in [0.3, 0.4) is 0 Å². The molecule has 0 aliphatic carbocycles. The molecule has 3 heteroatoms. The van der Waals surface area contributed by atoms with Crippen LogP contribution in [0.5, 0.6) is 0 Å². The topological polar surface area (TPSA) is 32.3 Å². The van der Waals surface area contributed by atoms with E-state index < -0.39 is 0 Å². The van der Waals surface area contributed by atoms with E-state index in [1.807, 2.05) is 29.2 Å². The van der Waals surface area contributed by atoms with Crippen LogP contribution in [-0.4, -0.2) is 30.4 Å². The predicted octanol–water partition coefficient (Wildman–Crippen LogP) is 3.52. The number of carbonyl (C=O) groups is 1. The number of nitrogens with zero attached hydrogens (tertiary/aromatic N) is 1. The fourth-order valence-electron chi connectivity index (χ4n) is 2.53. The monoisotopic (exact) mass is 260 g/mol. The molecule has 1 aromatic carbocycles. The van der Waals surface area contributed by atoms with Crippen molar-refractivity contribution in [1.29, 1.82) is 0 Å². The van der Waals surface area contributed by atoms with Crippen LogP contribution in [0.2, 0.25) is 0 Å². The molecule has 0 bridgehead atoms. The fraction of sp³-hybridized carbons (Fsp3) is 0.562. The molecule has 1 aliphatic heterocycles. The van der Waals surface area contributed by atoms with E-state index in [4.69, 9.17) is 0 Å². The Morgan fingerprint density at radius 2 is 1.84 bits per heavy atom. The van der Waals surface area contributed by atoms with Gasteiger partial charge in [-0.15, -0.1) is 0 Å². The number of hydrogen-bond acceptors (Lipinski definition) is 2. The zero-order valence-electron chi connectivity index (χ0n) is 11.8. The Kier molecular flexibility index (Phi) is 5.25. The van der Waals surface area contributed by atoms with Crippen molar-refractivity contribution < 1.29 is 4.79 Å². The lowest BCUT2D eigenvalue weighted by Gasteiger charge is -2.22. The van der Waals surface area contributed by atoms with Crippen LogP contribution in [0.15, 0.2) is 24.3 Å². The van der Waals surface area contributed by atoms with Gasteiger partial charge < -0.3 is 10.2 Å². The zero-order chi connectivity index (χ0) is 13.5. The minimum atomic E-state index is 0.182. The standard InChI is InChI=1S/C16H24N2O/c1-2-11-17-15-10-6-5-9-14(15)16(19)18-12-7-3-4-8-13-18/h5-6,9-10,17H,2-4,7-8,11-13H2,1H3. The Morgan fingerprint density at radius 1 is 1.16 bits per heavy atom. The smallest absolute Gasteiger partial charge is 0.255 e. The molecular formula is C16H24N2O. The molecular weight excluding hydrogens is 236 g/mol. The molecule has 0 atom stereocenters. The molecule has 1 aliphatic rings. The molecule has 0 unspecified atom stereocenters. The maximum absolute atomic E-state index is 12.6. The molecule has 2 rings (SSSR count). The lowest BCUT2D eigenvalue weighted by Crippen LogP contribution is -2.32. The molecule has 1 aromatic rings. The zero-order valence-corrected chi connectivity index (χ0v) is 11.8. The van der Waals surface area contributed by atoms with E-state index in [9.17, 15) is 4.79 Å². The third-order valence-corrected chi connectivity index (χ3v) is 3.62. The van der Waals surface area contributed by atoms with Gasteiger partial charge in [0.15, 0.2) is 0 Å². The molecule has 0 aromatic heterocycles. The molecule has 1 amide bonds. The van der Waals surface area contributed by atoms with Crippen molar-refractivity contribution >= 4 is 11.6 Å². The highest BCUT2D eigenvalue weighted by molar-refractivity contribution is 5.99. The number of amides is 1. The number of anilines is 1. The molecule has 1 heterocycles. The molecule has 0 radical (unpaired) electrons. The Morgan fingerprint density at radius 3 is 2.53 bits per heavy atom. The first kappa shape index (κ1) is 13.9. The summed E-state index contributed by atoms with van der Waals surface area (Å²) in [5, 5.41) is 3.35. The van der Waals surface area contributed by atoms with Crippen LogP contribution in [-0.2, 0) is 0 Å². The lowest BCUT2D eigenvalue weighted by molar-refractivity contribution is 0.0762. The number of para-hydroxylation sites is 1. The number of carbonyl (C=O) groups excluding carboxylic acids is 1. The second-order valence-electron chi connectivity index (χ2n) is 5.18. The van der Waals surface area contributed by atoms with E-state index >= 15 is 0 Å². The molecule has 3 nitrogen and oxygen atoms in total. The van der Waals surface area contributed by atoms with Crippen LogP contribution in [0.25, 0.3) is 0 Å². The summed E-state index contributed by atoms with van der Waals surface area (Å²) >= 11 is 0.